The number of anilines is 1. The van der Waals surface area contributed by atoms with Gasteiger partial charge in [0, 0.05) is 36.1 Å². The van der Waals surface area contributed by atoms with Gasteiger partial charge in [-0.25, -0.2) is 4.98 Å². The Morgan fingerprint density at radius 2 is 2.17 bits per heavy atom. The molecule has 0 spiro atoms. The first-order valence-electron chi connectivity index (χ1n) is 7.58. The molecule has 1 aliphatic heterocycles. The largest absolute Gasteiger partial charge is 0.373 e. The van der Waals surface area contributed by atoms with Crippen LogP contribution in [0.2, 0.25) is 0 Å². The van der Waals surface area contributed by atoms with Gasteiger partial charge in [0.2, 0.25) is 5.91 Å². The van der Waals surface area contributed by atoms with E-state index in [2.05, 4.69) is 34.0 Å². The number of rotatable bonds is 5. The van der Waals surface area contributed by atoms with E-state index in [1.54, 1.807) is 11.7 Å². The van der Waals surface area contributed by atoms with Crippen molar-refractivity contribution in [3.63, 3.8) is 0 Å². The first-order valence-corrected chi connectivity index (χ1v) is 9.34. The molecular formula is C15H20N4O2S2. The Labute approximate surface area is 143 Å². The van der Waals surface area contributed by atoms with Gasteiger partial charge in [0.05, 0.1) is 29.8 Å². The number of ether oxygens (including phenoxy) is 1. The number of hydrogen-bond donors (Lipinski definition) is 1. The summed E-state index contributed by atoms with van der Waals surface area (Å²) in [4.78, 5) is 23.8. The lowest BCUT2D eigenvalue weighted by Crippen LogP contribution is -2.44. The highest BCUT2D eigenvalue weighted by Crippen LogP contribution is 2.19. The summed E-state index contributed by atoms with van der Waals surface area (Å²) in [7, 11) is 0. The third-order valence-electron chi connectivity index (χ3n) is 3.50. The van der Waals surface area contributed by atoms with Crippen molar-refractivity contribution in [2.75, 3.05) is 18.4 Å². The maximum Gasteiger partial charge on any atom is 0.231 e. The van der Waals surface area contributed by atoms with Crippen molar-refractivity contribution >= 4 is 33.7 Å². The Kier molecular flexibility index (Phi) is 5.37. The number of carbonyl (C=O) groups is 1. The minimum atomic E-state index is -0.0521. The highest BCUT2D eigenvalue weighted by Gasteiger charge is 2.22. The van der Waals surface area contributed by atoms with Gasteiger partial charge in [0.15, 0.2) is 5.13 Å². The van der Waals surface area contributed by atoms with Crippen molar-refractivity contribution in [1.29, 1.82) is 0 Å². The Morgan fingerprint density at radius 1 is 1.39 bits per heavy atom. The van der Waals surface area contributed by atoms with E-state index in [1.165, 1.54) is 22.7 Å². The van der Waals surface area contributed by atoms with Gasteiger partial charge in [-0.05, 0) is 13.8 Å². The fraction of sp³-hybridized carbons (Fsp3) is 0.533. The second-order valence-electron chi connectivity index (χ2n) is 5.79. The fourth-order valence-electron chi connectivity index (χ4n) is 2.73. The molecule has 6 nitrogen and oxygen atoms in total. The van der Waals surface area contributed by atoms with E-state index < -0.39 is 0 Å². The summed E-state index contributed by atoms with van der Waals surface area (Å²) in [5.74, 6) is -0.0521. The van der Waals surface area contributed by atoms with Crippen LogP contribution in [0.5, 0.6) is 0 Å². The van der Waals surface area contributed by atoms with Gasteiger partial charge in [-0.1, -0.05) is 0 Å². The van der Waals surface area contributed by atoms with Gasteiger partial charge in [-0.3, -0.25) is 14.7 Å². The summed E-state index contributed by atoms with van der Waals surface area (Å²) in [6.45, 7) is 6.80. The average Bonchev–Trinajstić information content (AvgIpc) is 3.10. The SMILES string of the molecule is CC1CN(Cc2csc(NC(=O)Cc3cncs3)n2)CC(C)O1. The lowest BCUT2D eigenvalue weighted by Gasteiger charge is -2.34. The van der Waals surface area contributed by atoms with E-state index in [0.717, 1.165) is 30.2 Å². The van der Waals surface area contributed by atoms with Crippen LogP contribution in [0, 0.1) is 0 Å². The molecule has 2 unspecified atom stereocenters. The zero-order chi connectivity index (χ0) is 16.2. The fourth-order valence-corrected chi connectivity index (χ4v) is 4.04. The molecule has 0 bridgehead atoms. The predicted molar refractivity (Wildman–Crippen MR) is 91.8 cm³/mol. The second kappa shape index (κ2) is 7.48. The van der Waals surface area contributed by atoms with E-state index in [9.17, 15) is 4.79 Å². The van der Waals surface area contributed by atoms with Gasteiger partial charge in [-0.2, -0.15) is 0 Å². The molecular weight excluding hydrogens is 332 g/mol. The molecule has 2 atom stereocenters. The van der Waals surface area contributed by atoms with Crippen LogP contribution >= 0.6 is 22.7 Å². The van der Waals surface area contributed by atoms with E-state index in [1.807, 2.05) is 5.38 Å². The number of morpholine rings is 1. The molecule has 1 saturated heterocycles. The lowest BCUT2D eigenvalue weighted by atomic mass is 10.2. The number of nitrogens with zero attached hydrogens (tertiary/aromatic N) is 3. The van der Waals surface area contributed by atoms with Gasteiger partial charge < -0.3 is 10.1 Å². The summed E-state index contributed by atoms with van der Waals surface area (Å²) in [5.41, 5.74) is 2.72. The molecule has 1 fully saturated rings. The maximum atomic E-state index is 12.0. The van der Waals surface area contributed by atoms with Gasteiger partial charge in [-0.15, -0.1) is 22.7 Å². The number of amides is 1. The second-order valence-corrected chi connectivity index (χ2v) is 7.62. The Bertz CT molecular complexity index is 634. The van der Waals surface area contributed by atoms with Crippen LogP contribution in [0.1, 0.15) is 24.4 Å². The number of nitrogens with one attached hydrogen (secondary N) is 1. The van der Waals surface area contributed by atoms with Crippen molar-refractivity contribution in [2.24, 2.45) is 0 Å². The van der Waals surface area contributed by atoms with E-state index in [4.69, 9.17) is 4.74 Å². The third kappa shape index (κ3) is 4.81. The zero-order valence-corrected chi connectivity index (χ0v) is 14.8. The summed E-state index contributed by atoms with van der Waals surface area (Å²) >= 11 is 2.95. The minimum Gasteiger partial charge on any atom is -0.373 e. The molecule has 0 radical (unpaired) electrons. The molecule has 0 aliphatic carbocycles. The maximum absolute atomic E-state index is 12.0. The molecule has 3 rings (SSSR count). The molecule has 0 saturated carbocycles. The lowest BCUT2D eigenvalue weighted by molar-refractivity contribution is -0.115. The molecule has 1 N–H and O–H groups in total. The predicted octanol–water partition coefficient (Wildman–Crippen LogP) is 2.39. The van der Waals surface area contributed by atoms with Crippen LogP contribution in [0.3, 0.4) is 0 Å². The van der Waals surface area contributed by atoms with Crippen LogP contribution in [-0.2, 0) is 22.5 Å². The third-order valence-corrected chi connectivity index (χ3v) is 5.08. The Balaban J connectivity index is 1.52. The normalized spacial score (nSPS) is 22.2. The summed E-state index contributed by atoms with van der Waals surface area (Å²) in [6, 6.07) is 0. The monoisotopic (exact) mass is 352 g/mol. The standard InChI is InChI=1S/C15H20N4O2S2/c1-10-5-19(6-11(2)21-10)7-12-8-22-15(17-12)18-14(20)3-13-4-16-9-23-13/h4,8-11H,3,5-7H2,1-2H3,(H,17,18,20). The number of carbonyl (C=O) groups excluding carboxylic acids is 1. The number of hydrogen-bond acceptors (Lipinski definition) is 7. The molecule has 0 aromatic carbocycles. The Morgan fingerprint density at radius 3 is 2.87 bits per heavy atom. The summed E-state index contributed by atoms with van der Waals surface area (Å²) in [5, 5.41) is 5.52. The van der Waals surface area contributed by atoms with Crippen molar-refractivity contribution in [3.05, 3.63) is 27.7 Å². The topological polar surface area (TPSA) is 67.4 Å². The highest BCUT2D eigenvalue weighted by molar-refractivity contribution is 7.14. The number of thiazole rings is 2. The van der Waals surface area contributed by atoms with Crippen LogP contribution < -0.4 is 5.32 Å². The van der Waals surface area contributed by atoms with Crippen LogP contribution in [0.4, 0.5) is 5.13 Å². The first kappa shape index (κ1) is 16.5. The minimum absolute atomic E-state index is 0.0521. The van der Waals surface area contributed by atoms with Gasteiger partial charge in [0.1, 0.15) is 0 Å². The molecule has 1 aliphatic rings. The Hall–Kier alpha value is -1.35. The van der Waals surface area contributed by atoms with Crippen molar-refractivity contribution in [1.82, 2.24) is 14.9 Å². The van der Waals surface area contributed by atoms with Gasteiger partial charge >= 0.3 is 0 Å². The summed E-state index contributed by atoms with van der Waals surface area (Å²) in [6.07, 6.45) is 2.56. The van der Waals surface area contributed by atoms with E-state index in [-0.39, 0.29) is 18.1 Å². The molecule has 124 valence electrons. The quantitative estimate of drug-likeness (QED) is 0.895. The van der Waals surface area contributed by atoms with Crippen LogP contribution in [0.25, 0.3) is 0 Å². The molecule has 1 amide bonds. The van der Waals surface area contributed by atoms with Gasteiger partial charge in [0.25, 0.3) is 0 Å². The van der Waals surface area contributed by atoms with E-state index in [0.29, 0.717) is 11.6 Å². The highest BCUT2D eigenvalue weighted by atomic mass is 32.1. The first-order chi connectivity index (χ1) is 11.1. The van der Waals surface area contributed by atoms with Crippen molar-refractivity contribution < 1.29 is 9.53 Å². The summed E-state index contributed by atoms with van der Waals surface area (Å²) < 4.78 is 5.74. The molecule has 3 heterocycles. The van der Waals surface area contributed by atoms with E-state index >= 15 is 0 Å². The molecule has 2 aromatic heterocycles. The van der Waals surface area contributed by atoms with Crippen molar-refractivity contribution in [2.45, 2.75) is 39.0 Å². The number of aromatic nitrogens is 2. The zero-order valence-electron chi connectivity index (χ0n) is 13.2. The molecule has 23 heavy (non-hydrogen) atoms. The molecule has 2 aromatic rings. The van der Waals surface area contributed by atoms with Crippen LogP contribution in [-0.4, -0.2) is 46.1 Å². The smallest absolute Gasteiger partial charge is 0.231 e. The average molecular weight is 352 g/mol. The van der Waals surface area contributed by atoms with Crippen LogP contribution in [0.15, 0.2) is 17.1 Å². The van der Waals surface area contributed by atoms with Crippen molar-refractivity contribution in [3.8, 4) is 0 Å². The molecule has 8 heteroatoms.